The molecule has 0 aliphatic rings. The molecule has 5 heteroatoms. The van der Waals surface area contributed by atoms with Gasteiger partial charge in [-0.3, -0.25) is 9.36 Å². The van der Waals surface area contributed by atoms with Gasteiger partial charge in [0.15, 0.2) is 5.16 Å². The summed E-state index contributed by atoms with van der Waals surface area (Å²) >= 11 is 1.29. The van der Waals surface area contributed by atoms with Crippen LogP contribution < -0.4 is 5.56 Å². The molecule has 0 radical (unpaired) electrons. The van der Waals surface area contributed by atoms with Crippen LogP contribution in [0.5, 0.6) is 0 Å². The number of rotatable bonds is 4. The van der Waals surface area contributed by atoms with Gasteiger partial charge in [0, 0.05) is 0 Å². The Kier molecular flexibility index (Phi) is 4.68. The van der Waals surface area contributed by atoms with Crippen LogP contribution in [0.3, 0.4) is 0 Å². The zero-order chi connectivity index (χ0) is 17.1. The normalized spacial score (nSPS) is 12.0. The van der Waals surface area contributed by atoms with Crippen molar-refractivity contribution in [2.75, 3.05) is 0 Å². The fraction of sp³-hybridized carbons (Fsp3) is 0.211. The molecule has 0 unspecified atom stereocenters. The third-order valence-electron chi connectivity index (χ3n) is 3.81. The SMILES string of the molecule is CCc1ccc(-n2c(S[C@H](C)C#N)nc3ccccc3c2=O)cc1. The number of para-hydroxylation sites is 1. The monoisotopic (exact) mass is 335 g/mol. The predicted molar refractivity (Wildman–Crippen MR) is 97.7 cm³/mol. The van der Waals surface area contributed by atoms with Gasteiger partial charge in [0.2, 0.25) is 0 Å². The Morgan fingerprint density at radius 2 is 1.92 bits per heavy atom. The fourth-order valence-electron chi connectivity index (χ4n) is 2.48. The van der Waals surface area contributed by atoms with Gasteiger partial charge in [0.1, 0.15) is 0 Å². The van der Waals surface area contributed by atoms with E-state index in [4.69, 9.17) is 5.26 Å². The Hall–Kier alpha value is -2.58. The highest BCUT2D eigenvalue weighted by Gasteiger charge is 2.15. The second kappa shape index (κ2) is 6.90. The van der Waals surface area contributed by atoms with E-state index in [9.17, 15) is 4.79 Å². The van der Waals surface area contributed by atoms with Gasteiger partial charge in [-0.25, -0.2) is 4.98 Å². The lowest BCUT2D eigenvalue weighted by atomic mass is 10.1. The quantitative estimate of drug-likeness (QED) is 0.535. The van der Waals surface area contributed by atoms with Crippen molar-refractivity contribution in [2.24, 2.45) is 0 Å². The third kappa shape index (κ3) is 3.06. The summed E-state index contributed by atoms with van der Waals surface area (Å²) in [5.74, 6) is 0. The van der Waals surface area contributed by atoms with Crippen LogP contribution in [0, 0.1) is 11.3 Å². The molecule has 1 aromatic heterocycles. The molecule has 120 valence electrons. The van der Waals surface area contributed by atoms with Gasteiger partial charge in [0.05, 0.1) is 27.9 Å². The first kappa shape index (κ1) is 16.3. The van der Waals surface area contributed by atoms with Gasteiger partial charge < -0.3 is 0 Å². The molecule has 0 N–H and O–H groups in total. The van der Waals surface area contributed by atoms with Crippen LogP contribution >= 0.6 is 11.8 Å². The minimum Gasteiger partial charge on any atom is -0.268 e. The van der Waals surface area contributed by atoms with Crippen molar-refractivity contribution >= 4 is 22.7 Å². The maximum Gasteiger partial charge on any atom is 0.266 e. The topological polar surface area (TPSA) is 58.7 Å². The fourth-order valence-corrected chi connectivity index (χ4v) is 3.30. The van der Waals surface area contributed by atoms with Crippen molar-refractivity contribution in [3.8, 4) is 11.8 Å². The lowest BCUT2D eigenvalue weighted by molar-refractivity contribution is 0.817. The summed E-state index contributed by atoms with van der Waals surface area (Å²) < 4.78 is 1.60. The number of aromatic nitrogens is 2. The Morgan fingerprint density at radius 3 is 2.58 bits per heavy atom. The standard InChI is InChI=1S/C19H17N3OS/c1-3-14-8-10-15(11-9-14)22-18(23)16-6-4-5-7-17(16)21-19(22)24-13(2)12-20/h4-11,13H,3H2,1-2H3/t13-/m1/s1. The number of hydrogen-bond acceptors (Lipinski definition) is 4. The van der Waals surface area contributed by atoms with Gasteiger partial charge in [0.25, 0.3) is 5.56 Å². The van der Waals surface area contributed by atoms with Crippen LogP contribution in [0.2, 0.25) is 0 Å². The molecule has 1 heterocycles. The van der Waals surface area contributed by atoms with Crippen LogP contribution in [-0.2, 0) is 6.42 Å². The van der Waals surface area contributed by atoms with Crippen LogP contribution in [0.25, 0.3) is 16.6 Å². The summed E-state index contributed by atoms with van der Waals surface area (Å²) in [5.41, 5.74) is 2.51. The summed E-state index contributed by atoms with van der Waals surface area (Å²) in [6, 6.07) is 17.4. The molecule has 4 nitrogen and oxygen atoms in total. The Bertz CT molecular complexity index is 971. The first-order valence-electron chi connectivity index (χ1n) is 7.81. The van der Waals surface area contributed by atoms with E-state index in [0.717, 1.165) is 12.1 Å². The van der Waals surface area contributed by atoms with Crippen molar-refractivity contribution in [3.63, 3.8) is 0 Å². The molecule has 0 spiro atoms. The van der Waals surface area contributed by atoms with Crippen molar-refractivity contribution in [1.29, 1.82) is 5.26 Å². The minimum absolute atomic E-state index is 0.113. The Morgan fingerprint density at radius 1 is 1.21 bits per heavy atom. The van der Waals surface area contributed by atoms with E-state index in [1.807, 2.05) is 42.5 Å². The maximum atomic E-state index is 13.0. The number of aryl methyl sites for hydroxylation is 1. The largest absolute Gasteiger partial charge is 0.268 e. The molecular formula is C19H17N3OS. The zero-order valence-electron chi connectivity index (χ0n) is 13.6. The number of nitriles is 1. The van der Waals surface area contributed by atoms with Crippen molar-refractivity contribution in [3.05, 3.63) is 64.4 Å². The lowest BCUT2D eigenvalue weighted by Crippen LogP contribution is -2.22. The van der Waals surface area contributed by atoms with Gasteiger partial charge in [-0.05, 0) is 43.2 Å². The van der Waals surface area contributed by atoms with E-state index < -0.39 is 0 Å². The second-order valence-corrected chi connectivity index (χ2v) is 6.77. The molecule has 0 bridgehead atoms. The molecule has 0 amide bonds. The first-order valence-corrected chi connectivity index (χ1v) is 8.69. The van der Waals surface area contributed by atoms with Crippen LogP contribution in [0.15, 0.2) is 58.5 Å². The molecule has 3 rings (SSSR count). The molecule has 1 atom stereocenters. The Balaban J connectivity index is 2.26. The minimum atomic E-state index is -0.292. The summed E-state index contributed by atoms with van der Waals surface area (Å²) in [4.78, 5) is 17.6. The molecule has 0 fully saturated rings. The number of thioether (sulfide) groups is 1. The molecule has 0 aliphatic heterocycles. The third-order valence-corrected chi connectivity index (χ3v) is 4.76. The molecular weight excluding hydrogens is 318 g/mol. The van der Waals surface area contributed by atoms with E-state index in [2.05, 4.69) is 18.0 Å². The highest BCUT2D eigenvalue weighted by molar-refractivity contribution is 8.00. The van der Waals surface area contributed by atoms with Gasteiger partial charge in [-0.2, -0.15) is 5.26 Å². The predicted octanol–water partition coefficient (Wildman–Crippen LogP) is 3.95. The van der Waals surface area contributed by atoms with E-state index >= 15 is 0 Å². The number of benzene rings is 2. The van der Waals surface area contributed by atoms with Gasteiger partial charge in [-0.1, -0.05) is 43.0 Å². The Labute approximate surface area is 144 Å². The summed E-state index contributed by atoms with van der Waals surface area (Å²) in [6.45, 7) is 3.89. The average molecular weight is 335 g/mol. The number of fused-ring (bicyclic) bond motifs is 1. The maximum absolute atomic E-state index is 13.0. The highest BCUT2D eigenvalue weighted by Crippen LogP contribution is 2.24. The summed E-state index contributed by atoms with van der Waals surface area (Å²) in [6.07, 6.45) is 0.943. The average Bonchev–Trinajstić information content (AvgIpc) is 2.62. The second-order valence-electron chi connectivity index (χ2n) is 5.46. The van der Waals surface area contributed by atoms with Crippen molar-refractivity contribution in [2.45, 2.75) is 30.7 Å². The first-order chi connectivity index (χ1) is 11.6. The molecule has 0 saturated carbocycles. The lowest BCUT2D eigenvalue weighted by Gasteiger charge is -2.14. The number of nitrogens with zero attached hydrogens (tertiary/aromatic N) is 3. The molecule has 0 saturated heterocycles. The molecule has 2 aromatic carbocycles. The van der Waals surface area contributed by atoms with Crippen molar-refractivity contribution < 1.29 is 0 Å². The van der Waals surface area contributed by atoms with E-state index in [1.165, 1.54) is 17.3 Å². The van der Waals surface area contributed by atoms with Gasteiger partial charge >= 0.3 is 0 Å². The number of hydrogen-bond donors (Lipinski definition) is 0. The van der Waals surface area contributed by atoms with Gasteiger partial charge in [-0.15, -0.1) is 0 Å². The molecule has 3 aromatic rings. The van der Waals surface area contributed by atoms with Crippen LogP contribution in [0.4, 0.5) is 0 Å². The van der Waals surface area contributed by atoms with Crippen molar-refractivity contribution in [1.82, 2.24) is 9.55 Å². The molecule has 24 heavy (non-hydrogen) atoms. The van der Waals surface area contributed by atoms with Crippen LogP contribution in [-0.4, -0.2) is 14.8 Å². The highest BCUT2D eigenvalue weighted by atomic mass is 32.2. The molecule has 0 aliphatic carbocycles. The van der Waals surface area contributed by atoms with E-state index in [-0.39, 0.29) is 10.8 Å². The van der Waals surface area contributed by atoms with Crippen LogP contribution in [0.1, 0.15) is 19.4 Å². The smallest absolute Gasteiger partial charge is 0.266 e. The summed E-state index contributed by atoms with van der Waals surface area (Å²) in [7, 11) is 0. The van der Waals surface area contributed by atoms with E-state index in [1.54, 1.807) is 17.6 Å². The zero-order valence-corrected chi connectivity index (χ0v) is 14.4. The summed E-state index contributed by atoms with van der Waals surface area (Å²) in [5, 5.41) is 9.94. The van der Waals surface area contributed by atoms with E-state index in [0.29, 0.717) is 16.1 Å².